The van der Waals surface area contributed by atoms with Crippen LogP contribution in [-0.2, 0) is 0 Å². The Kier molecular flexibility index (Phi) is 5.47. The molecule has 1 aromatic carbocycles. The predicted molar refractivity (Wildman–Crippen MR) is 88.5 cm³/mol. The number of anilines is 2. The summed E-state index contributed by atoms with van der Waals surface area (Å²) in [4.78, 5) is 20.2. The SMILES string of the molecule is CCCNC(=O)c1cnc(Nc2ccccc2C(C)C)cn1. The molecule has 0 saturated heterocycles. The van der Waals surface area contributed by atoms with Gasteiger partial charge in [-0.05, 0) is 24.0 Å². The van der Waals surface area contributed by atoms with E-state index < -0.39 is 0 Å². The van der Waals surface area contributed by atoms with E-state index in [2.05, 4.69) is 40.5 Å². The zero-order valence-electron chi connectivity index (χ0n) is 13.3. The molecule has 0 saturated carbocycles. The van der Waals surface area contributed by atoms with E-state index in [0.29, 0.717) is 24.0 Å². The summed E-state index contributed by atoms with van der Waals surface area (Å²) in [5, 5.41) is 6.04. The number of amides is 1. The second kappa shape index (κ2) is 7.54. The van der Waals surface area contributed by atoms with Gasteiger partial charge in [0, 0.05) is 12.2 Å². The highest BCUT2D eigenvalue weighted by Crippen LogP contribution is 2.25. The molecule has 1 heterocycles. The van der Waals surface area contributed by atoms with Crippen LogP contribution in [0.4, 0.5) is 11.5 Å². The summed E-state index contributed by atoms with van der Waals surface area (Å²) in [5.74, 6) is 0.847. The van der Waals surface area contributed by atoms with Crippen molar-refractivity contribution in [2.75, 3.05) is 11.9 Å². The largest absolute Gasteiger partial charge is 0.351 e. The van der Waals surface area contributed by atoms with Crippen molar-refractivity contribution in [1.82, 2.24) is 15.3 Å². The molecule has 0 radical (unpaired) electrons. The van der Waals surface area contributed by atoms with Crippen molar-refractivity contribution >= 4 is 17.4 Å². The number of nitrogens with zero attached hydrogens (tertiary/aromatic N) is 2. The van der Waals surface area contributed by atoms with Crippen molar-refractivity contribution < 1.29 is 4.79 Å². The van der Waals surface area contributed by atoms with E-state index in [1.165, 1.54) is 11.8 Å². The first-order chi connectivity index (χ1) is 10.6. The van der Waals surface area contributed by atoms with Crippen LogP contribution in [0.5, 0.6) is 0 Å². The topological polar surface area (TPSA) is 66.9 Å². The van der Waals surface area contributed by atoms with Gasteiger partial charge in [0.25, 0.3) is 5.91 Å². The van der Waals surface area contributed by atoms with Crippen LogP contribution in [0.25, 0.3) is 0 Å². The zero-order chi connectivity index (χ0) is 15.9. The third-order valence-electron chi connectivity index (χ3n) is 3.27. The Labute approximate surface area is 131 Å². The van der Waals surface area contributed by atoms with E-state index in [1.807, 2.05) is 25.1 Å². The molecule has 1 aromatic heterocycles. The van der Waals surface area contributed by atoms with Gasteiger partial charge in [-0.2, -0.15) is 0 Å². The zero-order valence-corrected chi connectivity index (χ0v) is 13.3. The number of para-hydroxylation sites is 1. The minimum Gasteiger partial charge on any atom is -0.351 e. The molecule has 5 nitrogen and oxygen atoms in total. The summed E-state index contributed by atoms with van der Waals surface area (Å²) in [6.45, 7) is 6.94. The Bertz CT molecular complexity index is 623. The highest BCUT2D eigenvalue weighted by atomic mass is 16.1. The molecule has 2 aromatic rings. The van der Waals surface area contributed by atoms with Crippen molar-refractivity contribution in [3.8, 4) is 0 Å². The smallest absolute Gasteiger partial charge is 0.271 e. The summed E-state index contributed by atoms with van der Waals surface area (Å²) in [7, 11) is 0. The molecule has 0 unspecified atom stereocenters. The highest BCUT2D eigenvalue weighted by molar-refractivity contribution is 5.92. The van der Waals surface area contributed by atoms with E-state index in [4.69, 9.17) is 0 Å². The summed E-state index contributed by atoms with van der Waals surface area (Å²) in [5.41, 5.74) is 2.56. The van der Waals surface area contributed by atoms with Gasteiger partial charge < -0.3 is 10.6 Å². The maximum atomic E-state index is 11.8. The van der Waals surface area contributed by atoms with E-state index in [0.717, 1.165) is 12.1 Å². The van der Waals surface area contributed by atoms with Crippen LogP contribution >= 0.6 is 0 Å². The number of rotatable bonds is 6. The molecule has 2 N–H and O–H groups in total. The fourth-order valence-electron chi connectivity index (χ4n) is 2.09. The van der Waals surface area contributed by atoms with Crippen LogP contribution in [0.3, 0.4) is 0 Å². The molecular formula is C17H22N4O. The number of hydrogen-bond donors (Lipinski definition) is 2. The van der Waals surface area contributed by atoms with E-state index in [9.17, 15) is 4.79 Å². The molecule has 116 valence electrons. The lowest BCUT2D eigenvalue weighted by Gasteiger charge is -2.13. The van der Waals surface area contributed by atoms with Gasteiger partial charge in [-0.15, -0.1) is 0 Å². The van der Waals surface area contributed by atoms with Crippen molar-refractivity contribution in [3.63, 3.8) is 0 Å². The molecule has 0 spiro atoms. The van der Waals surface area contributed by atoms with E-state index in [-0.39, 0.29) is 5.91 Å². The van der Waals surface area contributed by atoms with Crippen LogP contribution < -0.4 is 10.6 Å². The molecule has 5 heteroatoms. The van der Waals surface area contributed by atoms with Gasteiger partial charge in [-0.3, -0.25) is 4.79 Å². The second-order valence-corrected chi connectivity index (χ2v) is 5.41. The molecule has 1 amide bonds. The first-order valence-corrected chi connectivity index (χ1v) is 7.58. The Morgan fingerprint density at radius 1 is 1.18 bits per heavy atom. The molecule has 0 fully saturated rings. The Hall–Kier alpha value is -2.43. The molecule has 0 atom stereocenters. The lowest BCUT2D eigenvalue weighted by molar-refractivity contribution is 0.0948. The van der Waals surface area contributed by atoms with Gasteiger partial charge in [0.1, 0.15) is 11.5 Å². The molecule has 0 aliphatic carbocycles. The second-order valence-electron chi connectivity index (χ2n) is 5.41. The van der Waals surface area contributed by atoms with E-state index >= 15 is 0 Å². The predicted octanol–water partition coefficient (Wildman–Crippen LogP) is 3.48. The number of aromatic nitrogens is 2. The third kappa shape index (κ3) is 4.04. The van der Waals surface area contributed by atoms with Crippen LogP contribution in [0.2, 0.25) is 0 Å². The van der Waals surface area contributed by atoms with Crippen molar-refractivity contribution in [2.45, 2.75) is 33.1 Å². The standard InChI is InChI=1S/C17H22N4O/c1-4-9-18-17(22)15-10-20-16(11-19-15)21-14-8-6-5-7-13(14)12(2)3/h5-8,10-12H,4,9H2,1-3H3,(H,18,22)(H,20,21). The Morgan fingerprint density at radius 2 is 1.95 bits per heavy atom. The van der Waals surface area contributed by atoms with Gasteiger partial charge in [0.15, 0.2) is 0 Å². The van der Waals surface area contributed by atoms with Crippen LogP contribution in [-0.4, -0.2) is 22.4 Å². The number of nitrogens with one attached hydrogen (secondary N) is 2. The molecule has 2 rings (SSSR count). The highest BCUT2D eigenvalue weighted by Gasteiger charge is 2.09. The quantitative estimate of drug-likeness (QED) is 0.856. The number of benzene rings is 1. The van der Waals surface area contributed by atoms with Crippen LogP contribution in [0.1, 0.15) is 49.2 Å². The molecular weight excluding hydrogens is 276 g/mol. The summed E-state index contributed by atoms with van der Waals surface area (Å²) >= 11 is 0. The molecule has 22 heavy (non-hydrogen) atoms. The number of carbonyl (C=O) groups is 1. The van der Waals surface area contributed by atoms with Crippen molar-refractivity contribution in [3.05, 3.63) is 47.9 Å². The van der Waals surface area contributed by atoms with Gasteiger partial charge >= 0.3 is 0 Å². The maximum absolute atomic E-state index is 11.8. The number of carbonyl (C=O) groups excluding carboxylic acids is 1. The van der Waals surface area contributed by atoms with Crippen LogP contribution in [0.15, 0.2) is 36.7 Å². The Morgan fingerprint density at radius 3 is 2.59 bits per heavy atom. The van der Waals surface area contributed by atoms with Crippen molar-refractivity contribution in [1.29, 1.82) is 0 Å². The molecule has 0 aliphatic rings. The lowest BCUT2D eigenvalue weighted by Crippen LogP contribution is -2.25. The van der Waals surface area contributed by atoms with Gasteiger partial charge in [0.05, 0.1) is 12.4 Å². The van der Waals surface area contributed by atoms with Crippen LogP contribution in [0, 0.1) is 0 Å². The average molecular weight is 298 g/mol. The Balaban J connectivity index is 2.10. The molecule has 0 aliphatic heterocycles. The maximum Gasteiger partial charge on any atom is 0.271 e. The summed E-state index contributed by atoms with van der Waals surface area (Å²) in [6.07, 6.45) is 3.97. The lowest BCUT2D eigenvalue weighted by atomic mass is 10.0. The minimum absolute atomic E-state index is 0.191. The first-order valence-electron chi connectivity index (χ1n) is 7.58. The average Bonchev–Trinajstić information content (AvgIpc) is 2.53. The normalized spacial score (nSPS) is 10.5. The van der Waals surface area contributed by atoms with Gasteiger partial charge in [-0.1, -0.05) is 39.0 Å². The summed E-state index contributed by atoms with van der Waals surface area (Å²) in [6, 6.07) is 8.10. The monoisotopic (exact) mass is 298 g/mol. The van der Waals surface area contributed by atoms with Gasteiger partial charge in [0.2, 0.25) is 0 Å². The first kappa shape index (κ1) is 15.9. The van der Waals surface area contributed by atoms with Gasteiger partial charge in [-0.25, -0.2) is 9.97 Å². The number of hydrogen-bond acceptors (Lipinski definition) is 4. The fourth-order valence-corrected chi connectivity index (χ4v) is 2.09. The molecule has 0 bridgehead atoms. The third-order valence-corrected chi connectivity index (χ3v) is 3.27. The minimum atomic E-state index is -0.191. The summed E-state index contributed by atoms with van der Waals surface area (Å²) < 4.78 is 0. The fraction of sp³-hybridized carbons (Fsp3) is 0.353. The van der Waals surface area contributed by atoms with Crippen molar-refractivity contribution in [2.24, 2.45) is 0 Å². The van der Waals surface area contributed by atoms with E-state index in [1.54, 1.807) is 6.20 Å².